The molecule has 1 aromatic heterocycles. The van der Waals surface area contributed by atoms with Crippen LogP contribution in [0.25, 0.3) is 11.4 Å². The third kappa shape index (κ3) is 6.42. The zero-order valence-corrected chi connectivity index (χ0v) is 19.5. The summed E-state index contributed by atoms with van der Waals surface area (Å²) in [6, 6.07) is 8.82. The number of benzene rings is 1. The Morgan fingerprint density at radius 1 is 1.30 bits per heavy atom. The van der Waals surface area contributed by atoms with Crippen molar-refractivity contribution in [3.05, 3.63) is 42.2 Å². The van der Waals surface area contributed by atoms with E-state index in [-0.39, 0.29) is 11.9 Å². The summed E-state index contributed by atoms with van der Waals surface area (Å²) < 4.78 is 5.25. The van der Waals surface area contributed by atoms with Crippen LogP contribution < -0.4 is 15.5 Å². The normalized spacial score (nSPS) is 16.6. The van der Waals surface area contributed by atoms with E-state index in [4.69, 9.17) is 4.74 Å². The van der Waals surface area contributed by atoms with Crippen LogP contribution >= 0.6 is 0 Å². The highest BCUT2D eigenvalue weighted by Crippen LogP contribution is 2.28. The predicted octanol–water partition coefficient (Wildman–Crippen LogP) is 3.01. The van der Waals surface area contributed by atoms with Crippen LogP contribution in [0.15, 0.2) is 36.7 Å². The van der Waals surface area contributed by atoms with Gasteiger partial charge in [-0.25, -0.2) is 14.8 Å². The van der Waals surface area contributed by atoms with Crippen LogP contribution in [-0.4, -0.2) is 52.7 Å². The lowest BCUT2D eigenvalue weighted by molar-refractivity contribution is -0.123. The van der Waals surface area contributed by atoms with E-state index >= 15 is 0 Å². The highest BCUT2D eigenvalue weighted by molar-refractivity contribution is 5.86. The molecule has 1 saturated heterocycles. The summed E-state index contributed by atoms with van der Waals surface area (Å²) in [7, 11) is 0. The summed E-state index contributed by atoms with van der Waals surface area (Å²) in [5, 5.41) is 15.3. The van der Waals surface area contributed by atoms with Crippen molar-refractivity contribution in [3.63, 3.8) is 0 Å². The molecule has 1 aromatic carbocycles. The van der Waals surface area contributed by atoms with Gasteiger partial charge >= 0.3 is 6.09 Å². The minimum atomic E-state index is -0.672. The van der Waals surface area contributed by atoms with E-state index in [9.17, 15) is 14.9 Å². The second-order valence-corrected chi connectivity index (χ2v) is 8.96. The second kappa shape index (κ2) is 10.3. The maximum Gasteiger partial charge on any atom is 0.408 e. The van der Waals surface area contributed by atoms with E-state index in [0.29, 0.717) is 30.9 Å². The fourth-order valence-electron chi connectivity index (χ4n) is 3.69. The Kier molecular flexibility index (Phi) is 7.48. The van der Waals surface area contributed by atoms with Gasteiger partial charge in [0.25, 0.3) is 0 Å². The van der Waals surface area contributed by atoms with E-state index in [1.165, 1.54) is 0 Å². The van der Waals surface area contributed by atoms with Gasteiger partial charge in [0.2, 0.25) is 5.91 Å². The van der Waals surface area contributed by atoms with Gasteiger partial charge in [0.1, 0.15) is 17.7 Å². The maximum atomic E-state index is 12.7. The molecule has 2 N–H and O–H groups in total. The molecule has 1 aliphatic heterocycles. The molecule has 0 spiro atoms. The lowest BCUT2D eigenvalue weighted by Crippen LogP contribution is -2.50. The average molecular weight is 451 g/mol. The zero-order chi connectivity index (χ0) is 24.0. The number of nitrogens with zero attached hydrogens (tertiary/aromatic N) is 4. The van der Waals surface area contributed by atoms with Gasteiger partial charge < -0.3 is 20.3 Å². The highest BCUT2D eigenvalue weighted by atomic mass is 16.6. The molecule has 0 radical (unpaired) electrons. The lowest BCUT2D eigenvalue weighted by Gasteiger charge is -2.24. The molecule has 2 atom stereocenters. The number of hydrogen-bond acceptors (Lipinski definition) is 7. The number of anilines is 1. The number of alkyl carbamates (subject to hydrolysis) is 1. The second-order valence-electron chi connectivity index (χ2n) is 8.96. The number of rotatable bonds is 6. The van der Waals surface area contributed by atoms with E-state index in [0.717, 1.165) is 17.7 Å². The fraction of sp³-hybridized carbons (Fsp3) is 0.458. The number of carbonyl (C=O) groups is 2. The van der Waals surface area contributed by atoms with Gasteiger partial charge in [0, 0.05) is 37.1 Å². The Bertz CT molecular complexity index is 1030. The SMILES string of the molecule is CCC(NC(=O)OC(C)(C)C)C(=O)NC1CCN(c2ccc(-c3ncccn3)cc2C#N)C1. The predicted molar refractivity (Wildman–Crippen MR) is 124 cm³/mol. The Labute approximate surface area is 194 Å². The summed E-state index contributed by atoms with van der Waals surface area (Å²) in [6.45, 7) is 8.43. The topological polar surface area (TPSA) is 120 Å². The van der Waals surface area contributed by atoms with Gasteiger partial charge in [0.05, 0.1) is 11.3 Å². The van der Waals surface area contributed by atoms with Crippen molar-refractivity contribution in [3.8, 4) is 17.5 Å². The average Bonchev–Trinajstić information content (AvgIpc) is 3.24. The molecule has 33 heavy (non-hydrogen) atoms. The molecule has 2 aromatic rings. The molecule has 2 heterocycles. The first-order valence-corrected chi connectivity index (χ1v) is 11.1. The van der Waals surface area contributed by atoms with E-state index in [2.05, 4.69) is 31.6 Å². The summed E-state index contributed by atoms with van der Waals surface area (Å²) in [5.74, 6) is 0.322. The Hall–Kier alpha value is -3.67. The smallest absolute Gasteiger partial charge is 0.408 e. The van der Waals surface area contributed by atoms with Crippen LogP contribution in [0.1, 0.15) is 46.1 Å². The molecule has 2 unspecified atom stereocenters. The van der Waals surface area contributed by atoms with E-state index in [1.807, 2.05) is 19.1 Å². The number of amides is 2. The molecule has 2 amide bonds. The minimum absolute atomic E-state index is 0.0873. The Balaban J connectivity index is 1.62. The molecule has 9 heteroatoms. The van der Waals surface area contributed by atoms with Crippen molar-refractivity contribution in [1.29, 1.82) is 5.26 Å². The van der Waals surface area contributed by atoms with Gasteiger partial charge in [-0.05, 0) is 57.9 Å². The molecule has 3 rings (SSSR count). The van der Waals surface area contributed by atoms with Crippen molar-refractivity contribution in [2.24, 2.45) is 0 Å². The molecule has 174 valence electrons. The summed E-state index contributed by atoms with van der Waals surface area (Å²) in [5.41, 5.74) is 1.49. The summed E-state index contributed by atoms with van der Waals surface area (Å²) in [6.07, 6.45) is 3.90. The van der Waals surface area contributed by atoms with Crippen molar-refractivity contribution in [1.82, 2.24) is 20.6 Å². The van der Waals surface area contributed by atoms with Crippen LogP contribution in [0.5, 0.6) is 0 Å². The first-order chi connectivity index (χ1) is 15.7. The van der Waals surface area contributed by atoms with E-state index in [1.54, 1.807) is 45.3 Å². The lowest BCUT2D eigenvalue weighted by atomic mass is 10.1. The molecule has 0 saturated carbocycles. The standard InChI is InChI=1S/C24H30N6O3/c1-5-19(29-23(32)33-24(2,3)4)22(31)28-18-9-12-30(15-18)20-8-7-16(13-17(20)14-25)21-26-10-6-11-27-21/h6-8,10-11,13,18-19H,5,9,12,15H2,1-4H3,(H,28,31)(H,29,32). The molecule has 0 bridgehead atoms. The van der Waals surface area contributed by atoms with Crippen molar-refractivity contribution >= 4 is 17.7 Å². The molecular formula is C24H30N6O3. The van der Waals surface area contributed by atoms with Gasteiger partial charge in [-0.3, -0.25) is 4.79 Å². The van der Waals surface area contributed by atoms with Crippen molar-refractivity contribution in [2.45, 2.75) is 58.2 Å². The highest BCUT2D eigenvalue weighted by Gasteiger charge is 2.29. The Morgan fingerprint density at radius 2 is 2.03 bits per heavy atom. The first kappa shape index (κ1) is 24.0. The quantitative estimate of drug-likeness (QED) is 0.694. The number of hydrogen-bond donors (Lipinski definition) is 2. The fourth-order valence-corrected chi connectivity index (χ4v) is 3.69. The van der Waals surface area contributed by atoms with Crippen molar-refractivity contribution in [2.75, 3.05) is 18.0 Å². The van der Waals surface area contributed by atoms with Gasteiger partial charge in [-0.2, -0.15) is 5.26 Å². The number of carbonyl (C=O) groups excluding carboxylic acids is 2. The number of nitriles is 1. The van der Waals surface area contributed by atoms with Crippen molar-refractivity contribution < 1.29 is 14.3 Å². The minimum Gasteiger partial charge on any atom is -0.444 e. The number of aromatic nitrogens is 2. The third-order valence-corrected chi connectivity index (χ3v) is 5.23. The Morgan fingerprint density at radius 3 is 2.67 bits per heavy atom. The van der Waals surface area contributed by atoms with Crippen LogP contribution in [0.2, 0.25) is 0 Å². The summed E-state index contributed by atoms with van der Waals surface area (Å²) >= 11 is 0. The molecule has 1 aliphatic rings. The molecule has 9 nitrogen and oxygen atoms in total. The van der Waals surface area contributed by atoms with Crippen LogP contribution in [0, 0.1) is 11.3 Å². The number of nitrogens with one attached hydrogen (secondary N) is 2. The van der Waals surface area contributed by atoms with Gasteiger partial charge in [0.15, 0.2) is 5.82 Å². The van der Waals surface area contributed by atoms with Gasteiger partial charge in [-0.1, -0.05) is 6.92 Å². The zero-order valence-electron chi connectivity index (χ0n) is 19.5. The van der Waals surface area contributed by atoms with Crippen LogP contribution in [0.4, 0.5) is 10.5 Å². The van der Waals surface area contributed by atoms with Gasteiger partial charge in [-0.15, -0.1) is 0 Å². The first-order valence-electron chi connectivity index (χ1n) is 11.1. The largest absolute Gasteiger partial charge is 0.444 e. The monoisotopic (exact) mass is 450 g/mol. The molecule has 1 fully saturated rings. The molecule has 0 aliphatic carbocycles. The summed E-state index contributed by atoms with van der Waals surface area (Å²) in [4.78, 5) is 35.3. The van der Waals surface area contributed by atoms with E-state index < -0.39 is 17.7 Å². The molecular weight excluding hydrogens is 420 g/mol. The maximum absolute atomic E-state index is 12.7. The number of ether oxygens (including phenoxy) is 1. The van der Waals surface area contributed by atoms with Crippen LogP contribution in [0.3, 0.4) is 0 Å². The van der Waals surface area contributed by atoms with Crippen LogP contribution in [-0.2, 0) is 9.53 Å². The third-order valence-electron chi connectivity index (χ3n) is 5.23.